The number of para-hydroxylation sites is 2. The molecule has 0 bridgehead atoms. The Hall–Kier alpha value is -8.50. The minimum Gasteiger partial charge on any atom is -0.311 e. The van der Waals surface area contributed by atoms with Crippen molar-refractivity contribution < 1.29 is 0 Å². The van der Waals surface area contributed by atoms with Crippen molar-refractivity contribution in [3.05, 3.63) is 279 Å². The lowest BCUT2D eigenvalue weighted by atomic mass is 10.0. The van der Waals surface area contributed by atoms with Crippen LogP contribution < -0.4 is 25.6 Å². The van der Waals surface area contributed by atoms with E-state index in [4.69, 9.17) is 0 Å². The quantitative estimate of drug-likeness (QED) is 0.0982. The SMILES string of the molecule is c1ccc(-c2ccc(N(c3ccc(-c4ccccc4-n4c5ccccc5c5ccc6ccccc6c54)cc3)c3cccc([Si](c4ccccc4)(c4ccccc4)c4ccccc4)c3)cc2)cc1. The van der Waals surface area contributed by atoms with E-state index in [1.54, 1.807) is 0 Å². The number of nitrogens with zero attached hydrogens (tertiary/aromatic N) is 2. The molecule has 0 unspecified atom stereocenters. The molecule has 0 fully saturated rings. The normalized spacial score (nSPS) is 11.6. The van der Waals surface area contributed by atoms with Gasteiger partial charge < -0.3 is 9.47 Å². The van der Waals surface area contributed by atoms with Crippen LogP contribution in [0.15, 0.2) is 279 Å². The molecule has 12 rings (SSSR count). The second-order valence-corrected chi connectivity index (χ2v) is 21.1. The van der Waals surface area contributed by atoms with E-state index < -0.39 is 8.07 Å². The van der Waals surface area contributed by atoms with Crippen LogP contribution in [0.25, 0.3) is 60.5 Å². The average molecular weight is 871 g/mol. The maximum Gasteiger partial charge on any atom is 0.179 e. The van der Waals surface area contributed by atoms with Gasteiger partial charge in [-0.25, -0.2) is 0 Å². The van der Waals surface area contributed by atoms with Crippen molar-refractivity contribution in [2.45, 2.75) is 0 Å². The fourth-order valence-corrected chi connectivity index (χ4v) is 15.3. The Labute approximate surface area is 392 Å². The highest BCUT2D eigenvalue weighted by atomic mass is 28.3. The number of benzene rings is 11. The third kappa shape index (κ3) is 6.96. The van der Waals surface area contributed by atoms with Gasteiger partial charge in [0, 0.05) is 38.8 Å². The van der Waals surface area contributed by atoms with Gasteiger partial charge in [-0.2, -0.15) is 0 Å². The van der Waals surface area contributed by atoms with E-state index >= 15 is 0 Å². The molecular formula is C64H46N2Si. The summed E-state index contributed by atoms with van der Waals surface area (Å²) in [7, 11) is -2.80. The molecule has 0 N–H and O–H groups in total. The average Bonchev–Trinajstić information content (AvgIpc) is 3.76. The third-order valence-corrected chi connectivity index (χ3v) is 18.3. The topological polar surface area (TPSA) is 8.17 Å². The lowest BCUT2D eigenvalue weighted by molar-refractivity contribution is 1.19. The first-order valence-electron chi connectivity index (χ1n) is 23.1. The fraction of sp³-hybridized carbons (Fsp3) is 0. The van der Waals surface area contributed by atoms with Crippen LogP contribution in [0.5, 0.6) is 0 Å². The number of hydrogen-bond acceptors (Lipinski definition) is 1. The molecule has 0 saturated heterocycles. The zero-order valence-corrected chi connectivity index (χ0v) is 38.0. The number of aromatic nitrogens is 1. The van der Waals surface area contributed by atoms with Gasteiger partial charge in [0.15, 0.2) is 8.07 Å². The molecule has 3 heteroatoms. The molecular weight excluding hydrogens is 825 g/mol. The Kier molecular flexibility index (Phi) is 10.2. The van der Waals surface area contributed by atoms with E-state index in [0.29, 0.717) is 0 Å². The zero-order valence-electron chi connectivity index (χ0n) is 37.0. The fourth-order valence-electron chi connectivity index (χ4n) is 10.5. The summed E-state index contributed by atoms with van der Waals surface area (Å²) in [4.78, 5) is 2.42. The van der Waals surface area contributed by atoms with Gasteiger partial charge >= 0.3 is 0 Å². The highest BCUT2D eigenvalue weighted by molar-refractivity contribution is 7.19. The first kappa shape index (κ1) is 40.0. The molecule has 0 atom stereocenters. The van der Waals surface area contributed by atoms with Crippen LogP contribution in [-0.2, 0) is 0 Å². The lowest BCUT2D eigenvalue weighted by Crippen LogP contribution is -2.74. The molecule has 12 aromatic rings. The summed E-state index contributed by atoms with van der Waals surface area (Å²) in [5.74, 6) is 0. The van der Waals surface area contributed by atoms with Gasteiger partial charge in [0.05, 0.1) is 16.7 Å². The van der Waals surface area contributed by atoms with Crippen LogP contribution in [0.1, 0.15) is 0 Å². The van der Waals surface area contributed by atoms with Crippen LogP contribution in [0.3, 0.4) is 0 Å². The summed E-state index contributed by atoms with van der Waals surface area (Å²) in [6, 6.07) is 103. The van der Waals surface area contributed by atoms with Gasteiger partial charge in [-0.15, -0.1) is 0 Å². The van der Waals surface area contributed by atoms with Crippen LogP contribution in [0, 0.1) is 0 Å². The van der Waals surface area contributed by atoms with Crippen LogP contribution >= 0.6 is 0 Å². The van der Waals surface area contributed by atoms with Gasteiger partial charge in [-0.05, 0) is 91.4 Å². The molecule has 11 aromatic carbocycles. The lowest BCUT2D eigenvalue weighted by Gasteiger charge is -2.35. The van der Waals surface area contributed by atoms with E-state index in [1.165, 1.54) is 70.0 Å². The third-order valence-electron chi connectivity index (χ3n) is 13.5. The number of hydrogen-bond donors (Lipinski definition) is 0. The molecule has 0 aliphatic carbocycles. The van der Waals surface area contributed by atoms with Crippen LogP contribution in [-0.4, -0.2) is 12.6 Å². The predicted molar refractivity (Wildman–Crippen MR) is 287 cm³/mol. The maximum absolute atomic E-state index is 2.80. The molecule has 0 aliphatic heterocycles. The predicted octanol–water partition coefficient (Wildman–Crippen LogP) is 14.1. The summed E-state index contributed by atoms with van der Waals surface area (Å²) >= 11 is 0. The molecule has 0 saturated carbocycles. The van der Waals surface area contributed by atoms with Gasteiger partial charge in [-0.3, -0.25) is 0 Å². The second kappa shape index (κ2) is 17.1. The molecule has 0 radical (unpaired) electrons. The molecule has 0 amide bonds. The first-order valence-corrected chi connectivity index (χ1v) is 25.1. The van der Waals surface area contributed by atoms with Crippen LogP contribution in [0.2, 0.25) is 0 Å². The van der Waals surface area contributed by atoms with E-state index in [9.17, 15) is 0 Å². The van der Waals surface area contributed by atoms with Crippen LogP contribution in [0.4, 0.5) is 17.1 Å². The molecule has 1 aromatic heterocycles. The number of fused-ring (bicyclic) bond motifs is 5. The second-order valence-electron chi connectivity index (χ2n) is 17.2. The van der Waals surface area contributed by atoms with Gasteiger partial charge in [0.2, 0.25) is 0 Å². The van der Waals surface area contributed by atoms with E-state index in [1.807, 2.05) is 0 Å². The highest BCUT2D eigenvalue weighted by Crippen LogP contribution is 2.41. The summed E-state index contributed by atoms with van der Waals surface area (Å²) in [6.45, 7) is 0. The van der Waals surface area contributed by atoms with E-state index in [2.05, 4.69) is 289 Å². The minimum atomic E-state index is -2.80. The Morgan fingerprint density at radius 2 is 0.791 bits per heavy atom. The monoisotopic (exact) mass is 870 g/mol. The molecule has 1 heterocycles. The first-order chi connectivity index (χ1) is 33.3. The molecule has 67 heavy (non-hydrogen) atoms. The van der Waals surface area contributed by atoms with Crippen molar-refractivity contribution in [2.75, 3.05) is 4.90 Å². The van der Waals surface area contributed by atoms with Crippen molar-refractivity contribution in [1.29, 1.82) is 0 Å². The minimum absolute atomic E-state index is 1.08. The molecule has 0 aliphatic rings. The van der Waals surface area contributed by atoms with Crippen molar-refractivity contribution in [1.82, 2.24) is 4.57 Å². The Bertz CT molecular complexity index is 3560. The largest absolute Gasteiger partial charge is 0.311 e. The van der Waals surface area contributed by atoms with E-state index in [0.717, 1.165) is 28.3 Å². The number of rotatable bonds is 10. The summed E-state index contributed by atoms with van der Waals surface area (Å²) < 4.78 is 2.48. The summed E-state index contributed by atoms with van der Waals surface area (Å²) in [5, 5.41) is 10.4. The number of anilines is 3. The van der Waals surface area contributed by atoms with E-state index in [-0.39, 0.29) is 0 Å². The smallest absolute Gasteiger partial charge is 0.179 e. The van der Waals surface area contributed by atoms with Crippen molar-refractivity contribution in [3.8, 4) is 27.9 Å². The van der Waals surface area contributed by atoms with Gasteiger partial charge in [0.1, 0.15) is 0 Å². The van der Waals surface area contributed by atoms with Crippen molar-refractivity contribution in [2.24, 2.45) is 0 Å². The van der Waals surface area contributed by atoms with Gasteiger partial charge in [0.25, 0.3) is 0 Å². The summed E-state index contributed by atoms with van der Waals surface area (Å²) in [6.07, 6.45) is 0. The maximum atomic E-state index is 2.48. The highest BCUT2D eigenvalue weighted by Gasteiger charge is 2.41. The molecule has 316 valence electrons. The summed E-state index contributed by atoms with van der Waals surface area (Å²) in [5.41, 5.74) is 11.6. The van der Waals surface area contributed by atoms with Crippen molar-refractivity contribution >= 4 is 78.5 Å². The molecule has 2 nitrogen and oxygen atoms in total. The van der Waals surface area contributed by atoms with Gasteiger partial charge in [-0.1, -0.05) is 231 Å². The Morgan fingerprint density at radius 1 is 0.299 bits per heavy atom. The zero-order chi connectivity index (χ0) is 44.6. The standard InChI is InChI=1S/C64H46N2Si/c1-5-20-47(21-6-1)48-36-41-51(42-37-48)65(53-23-19-30-57(46-53)67(54-24-7-2-8-25-54,55-26-9-3-10-27-55)56-28-11-4-12-29-56)52-43-38-50(39-44-52)58-31-15-17-34-62(58)66-63-35-18-16-33-60(63)61-45-40-49-22-13-14-32-59(49)64(61)66/h1-46H. The molecule has 0 spiro atoms. The van der Waals surface area contributed by atoms with Crippen molar-refractivity contribution in [3.63, 3.8) is 0 Å². The Balaban J connectivity index is 1.03. The Morgan fingerprint density at radius 3 is 1.43 bits per heavy atom.